The minimum Gasteiger partial charge on any atom is -0.385 e. The van der Waals surface area contributed by atoms with Crippen molar-refractivity contribution in [3.8, 4) is 0 Å². The summed E-state index contributed by atoms with van der Waals surface area (Å²) in [6.45, 7) is 6.89. The van der Waals surface area contributed by atoms with E-state index in [1.54, 1.807) is 0 Å². The monoisotopic (exact) mass is 184 g/mol. The minimum absolute atomic E-state index is 0.196. The topological polar surface area (TPSA) is 61.3 Å². The van der Waals surface area contributed by atoms with E-state index in [-0.39, 0.29) is 5.54 Å². The average molecular weight is 184 g/mol. The van der Waals surface area contributed by atoms with E-state index in [0.29, 0.717) is 19.6 Å². The van der Waals surface area contributed by atoms with Gasteiger partial charge in [-0.05, 0) is 40.2 Å². The quantitative estimate of drug-likeness (QED) is 0.586. The molecule has 0 aromatic carbocycles. The van der Waals surface area contributed by atoms with Crippen molar-refractivity contribution in [3.05, 3.63) is 0 Å². The molecule has 0 fully saturated rings. The van der Waals surface area contributed by atoms with Crippen LogP contribution in [0.4, 0.5) is 0 Å². The third-order valence-electron chi connectivity index (χ3n) is 1.82. The smallest absolute Gasteiger partial charge is 0.113 e. The first kappa shape index (κ1) is 12.9. The Labute approximate surface area is 82.6 Å². The van der Waals surface area contributed by atoms with Crippen LogP contribution in [0.15, 0.2) is 0 Å². The molecule has 0 aromatic heterocycles. The third-order valence-corrected chi connectivity index (χ3v) is 1.82. The van der Waals surface area contributed by atoms with Crippen LogP contribution in [0.1, 0.15) is 33.6 Å². The van der Waals surface area contributed by atoms with Crippen molar-refractivity contribution in [2.45, 2.75) is 44.7 Å². The fraction of sp³-hybridized carbons (Fsp3) is 1.00. The van der Waals surface area contributed by atoms with Crippen LogP contribution >= 0.6 is 0 Å². The second-order valence-electron chi connectivity index (χ2n) is 4.44. The van der Waals surface area contributed by atoms with Gasteiger partial charge in [0.2, 0.25) is 0 Å². The molecule has 0 heterocycles. The first-order chi connectivity index (χ1) is 5.77. The molecule has 0 aliphatic rings. The summed E-state index contributed by atoms with van der Waals surface area (Å²) >= 11 is 0. The van der Waals surface area contributed by atoms with E-state index in [1.807, 2.05) is 20.8 Å². The van der Waals surface area contributed by atoms with E-state index in [2.05, 4.69) is 0 Å². The van der Waals surface area contributed by atoms with Crippen LogP contribution in [0.2, 0.25) is 0 Å². The van der Waals surface area contributed by atoms with Gasteiger partial charge in [0.05, 0.1) is 0 Å². The highest BCUT2D eigenvalue weighted by molar-refractivity contribution is 6.14. The van der Waals surface area contributed by atoms with Gasteiger partial charge in [-0.2, -0.15) is 0 Å². The van der Waals surface area contributed by atoms with Crippen LogP contribution < -0.4 is 11.5 Å². The molecule has 0 aliphatic heterocycles. The van der Waals surface area contributed by atoms with Crippen molar-refractivity contribution >= 4 is 7.85 Å². The van der Waals surface area contributed by atoms with Crippen molar-refractivity contribution in [3.63, 3.8) is 0 Å². The van der Waals surface area contributed by atoms with E-state index in [4.69, 9.17) is 24.1 Å². The highest BCUT2D eigenvalue weighted by atomic mass is 16.5. The largest absolute Gasteiger partial charge is 0.385 e. The average Bonchev–Trinajstić information content (AvgIpc) is 1.82. The lowest BCUT2D eigenvalue weighted by Crippen LogP contribution is -2.37. The minimum atomic E-state index is -0.611. The summed E-state index contributed by atoms with van der Waals surface area (Å²) in [5.74, 6) is 0. The second-order valence-corrected chi connectivity index (χ2v) is 4.44. The lowest BCUT2D eigenvalue weighted by molar-refractivity contribution is 0.0200. The number of hydrogen-bond acceptors (Lipinski definition) is 3. The molecule has 0 rings (SSSR count). The molecule has 0 spiro atoms. The van der Waals surface area contributed by atoms with Crippen molar-refractivity contribution in [1.29, 1.82) is 0 Å². The van der Waals surface area contributed by atoms with Crippen LogP contribution in [-0.2, 0) is 4.74 Å². The molecular formula is C9H21BN2O. The predicted molar refractivity (Wildman–Crippen MR) is 56.7 cm³/mol. The van der Waals surface area contributed by atoms with Gasteiger partial charge < -0.3 is 16.2 Å². The second kappa shape index (κ2) is 4.98. The van der Waals surface area contributed by atoms with E-state index < -0.39 is 5.50 Å². The lowest BCUT2D eigenvalue weighted by Gasteiger charge is -2.27. The summed E-state index contributed by atoms with van der Waals surface area (Å²) in [6.07, 6.45) is 1.46. The van der Waals surface area contributed by atoms with Gasteiger partial charge in [-0.25, -0.2) is 0 Å². The van der Waals surface area contributed by atoms with Crippen LogP contribution in [0.3, 0.4) is 0 Å². The van der Waals surface area contributed by atoms with Crippen molar-refractivity contribution in [2.24, 2.45) is 11.5 Å². The van der Waals surface area contributed by atoms with Crippen LogP contribution in [-0.4, -0.2) is 32.0 Å². The summed E-state index contributed by atoms with van der Waals surface area (Å²) in [7, 11) is 5.81. The summed E-state index contributed by atoms with van der Waals surface area (Å²) in [6, 6.07) is 0. The van der Waals surface area contributed by atoms with Crippen molar-refractivity contribution in [1.82, 2.24) is 0 Å². The molecule has 2 radical (unpaired) electrons. The van der Waals surface area contributed by atoms with Gasteiger partial charge in [0, 0.05) is 17.6 Å². The normalized spacial score (nSPS) is 17.0. The molecule has 0 aliphatic carbocycles. The number of rotatable bonds is 6. The maximum atomic E-state index is 5.81. The van der Waals surface area contributed by atoms with Crippen LogP contribution in [0, 0.1) is 0 Å². The summed E-state index contributed by atoms with van der Waals surface area (Å²) < 4.78 is 5.46. The van der Waals surface area contributed by atoms with Gasteiger partial charge in [-0.3, -0.25) is 0 Å². The maximum Gasteiger partial charge on any atom is 0.113 e. The molecule has 4 heteroatoms. The molecule has 1 atom stereocenters. The molecule has 0 bridgehead atoms. The van der Waals surface area contributed by atoms with Crippen LogP contribution in [0.5, 0.6) is 0 Å². The Kier molecular flexibility index (Phi) is 4.96. The third kappa shape index (κ3) is 8.28. The number of ether oxygens (including phenoxy) is 1. The molecule has 0 aromatic rings. The van der Waals surface area contributed by atoms with Gasteiger partial charge in [0.1, 0.15) is 7.85 Å². The standard InChI is InChI=1S/C9H21BN2O/c1-8(2,12)5-7-13-9(3,10)4-6-11/h4-7,11-12H2,1-3H3. The first-order valence-electron chi connectivity index (χ1n) is 4.69. The van der Waals surface area contributed by atoms with Crippen molar-refractivity contribution in [2.75, 3.05) is 13.2 Å². The highest BCUT2D eigenvalue weighted by Crippen LogP contribution is 2.12. The zero-order valence-electron chi connectivity index (χ0n) is 8.97. The Balaban J connectivity index is 3.63. The zero-order chi connectivity index (χ0) is 10.5. The van der Waals surface area contributed by atoms with E-state index in [9.17, 15) is 0 Å². The van der Waals surface area contributed by atoms with Crippen LogP contribution in [0.25, 0.3) is 0 Å². The molecule has 0 amide bonds. The van der Waals surface area contributed by atoms with Gasteiger partial charge in [0.15, 0.2) is 0 Å². The molecular weight excluding hydrogens is 163 g/mol. The van der Waals surface area contributed by atoms with Crippen molar-refractivity contribution < 1.29 is 4.74 Å². The Hall–Kier alpha value is -0.0551. The van der Waals surface area contributed by atoms with Gasteiger partial charge in [0.25, 0.3) is 0 Å². The van der Waals surface area contributed by atoms with Gasteiger partial charge in [-0.1, -0.05) is 0 Å². The first-order valence-corrected chi connectivity index (χ1v) is 4.69. The highest BCUT2D eigenvalue weighted by Gasteiger charge is 2.18. The SMILES string of the molecule is [B]C(C)(CCN)OCCC(C)(C)N. The Morgan fingerprint density at radius 1 is 1.23 bits per heavy atom. The molecule has 0 saturated carbocycles. The van der Waals surface area contributed by atoms with Gasteiger partial charge >= 0.3 is 0 Å². The van der Waals surface area contributed by atoms with E-state index in [0.717, 1.165) is 6.42 Å². The molecule has 13 heavy (non-hydrogen) atoms. The lowest BCUT2D eigenvalue weighted by atomic mass is 9.80. The molecule has 0 saturated heterocycles. The molecule has 1 unspecified atom stereocenters. The number of nitrogens with two attached hydrogens (primary N) is 2. The summed E-state index contributed by atoms with van der Waals surface area (Å²) in [5, 5.41) is 0. The maximum absolute atomic E-state index is 5.81. The van der Waals surface area contributed by atoms with E-state index >= 15 is 0 Å². The summed E-state index contributed by atoms with van der Waals surface area (Å²) in [4.78, 5) is 0. The van der Waals surface area contributed by atoms with E-state index in [1.165, 1.54) is 0 Å². The Morgan fingerprint density at radius 2 is 1.77 bits per heavy atom. The number of hydrogen-bond donors (Lipinski definition) is 2. The zero-order valence-corrected chi connectivity index (χ0v) is 8.97. The molecule has 76 valence electrons. The summed E-state index contributed by atoms with van der Waals surface area (Å²) in [5.41, 5.74) is 10.4. The Morgan fingerprint density at radius 3 is 2.15 bits per heavy atom. The molecule has 4 N–H and O–H groups in total. The fourth-order valence-electron chi connectivity index (χ4n) is 0.906. The predicted octanol–water partition coefficient (Wildman–Crippen LogP) is 0.364. The Bertz CT molecular complexity index is 143. The fourth-order valence-corrected chi connectivity index (χ4v) is 0.906. The van der Waals surface area contributed by atoms with Gasteiger partial charge in [-0.15, -0.1) is 0 Å². The molecule has 3 nitrogen and oxygen atoms in total.